The number of hydrogen-bond acceptors (Lipinski definition) is 15. The number of rotatable bonds is 19. The Labute approximate surface area is 529 Å². The molecule has 1 aliphatic carbocycles. The number of aliphatic imine (C=N–C) groups is 1. The Hall–Kier alpha value is -8.49. The second-order valence-electron chi connectivity index (χ2n) is 19.1. The number of halogens is 5. The van der Waals surface area contributed by atoms with Crippen molar-refractivity contribution in [1.82, 2.24) is 47.9 Å². The van der Waals surface area contributed by atoms with Crippen molar-refractivity contribution in [3.8, 4) is 5.75 Å². The maximum atomic E-state index is 12.1. The number of fused-ring (bicyclic) bond motifs is 3. The highest BCUT2D eigenvalue weighted by Crippen LogP contribution is 2.31. The van der Waals surface area contributed by atoms with Crippen LogP contribution < -0.4 is 89.0 Å². The SMILES string of the molecule is CC1=CC(=Nc2c(NCCn3cc[n+](C)c3)nn3ccccc23)C(NCCO)=CC1=O.C[n+]1ccn(CCNc2nn3ccccc3c2N)c1.C[n+]1ccn(CCNc2nn3ccccc3c2N)c1.Cc1ccc(NCCO)cc1O.Cl.Cl.[Cl-].[Cl-].[Cl-]. The van der Waals surface area contributed by atoms with E-state index in [-0.39, 0.29) is 86.8 Å². The summed E-state index contributed by atoms with van der Waals surface area (Å²) in [5, 5.41) is 56.5. The lowest BCUT2D eigenvalue weighted by molar-refractivity contribution is -0.671. The molecule has 29 heteroatoms. The fourth-order valence-electron chi connectivity index (χ4n) is 8.46. The van der Waals surface area contributed by atoms with Crippen molar-refractivity contribution < 1.29 is 71.0 Å². The van der Waals surface area contributed by atoms with Crippen LogP contribution in [-0.2, 0) is 45.6 Å². The van der Waals surface area contributed by atoms with Crippen molar-refractivity contribution in [1.29, 1.82) is 0 Å². The van der Waals surface area contributed by atoms with Crippen LogP contribution in [0, 0.1) is 6.92 Å². The molecule has 9 heterocycles. The molecular weight excluding hydrogens is 1210 g/mol. The van der Waals surface area contributed by atoms with E-state index in [0.717, 1.165) is 72.2 Å². The Balaban J connectivity index is 0.000000310. The highest BCUT2D eigenvalue weighted by atomic mass is 35.5. The summed E-state index contributed by atoms with van der Waals surface area (Å²) >= 11 is 0. The van der Waals surface area contributed by atoms with Crippen LogP contribution >= 0.6 is 24.8 Å². The van der Waals surface area contributed by atoms with Crippen molar-refractivity contribution in [2.45, 2.75) is 33.5 Å². The molecule has 86 heavy (non-hydrogen) atoms. The zero-order valence-corrected chi connectivity index (χ0v) is 52.2. The number of aromatic hydroxyl groups is 1. The highest BCUT2D eigenvalue weighted by Gasteiger charge is 2.20. The first-order valence-corrected chi connectivity index (χ1v) is 26.5. The molecule has 0 atom stereocenters. The lowest BCUT2D eigenvalue weighted by Gasteiger charge is -2.15. The number of nitrogens with zero attached hydrogens (tertiary/aromatic N) is 13. The molecule has 0 radical (unpaired) electrons. The Kier molecular flexibility index (Phi) is 29.3. The van der Waals surface area contributed by atoms with Crippen molar-refractivity contribution in [3.63, 3.8) is 0 Å². The molecule has 0 bridgehead atoms. The van der Waals surface area contributed by atoms with Gasteiger partial charge in [-0.2, -0.15) is 0 Å². The minimum absolute atomic E-state index is 0. The predicted molar refractivity (Wildman–Crippen MR) is 329 cm³/mol. The van der Waals surface area contributed by atoms with Gasteiger partial charge in [0.15, 0.2) is 23.2 Å². The minimum atomic E-state index is -0.0718. The van der Waals surface area contributed by atoms with E-state index in [9.17, 15) is 15.0 Å². The van der Waals surface area contributed by atoms with Crippen LogP contribution in [0.4, 0.5) is 40.2 Å². The largest absolute Gasteiger partial charge is 1.00 e. The van der Waals surface area contributed by atoms with Crippen LogP contribution in [0.15, 0.2) is 176 Å². The monoisotopic (exact) mass is 1280 g/mol. The van der Waals surface area contributed by atoms with Crippen LogP contribution in [0.3, 0.4) is 0 Å². The summed E-state index contributed by atoms with van der Waals surface area (Å²) in [6.45, 7) is 9.25. The summed E-state index contributed by atoms with van der Waals surface area (Å²) in [5.74, 6) is 2.35. The highest BCUT2D eigenvalue weighted by molar-refractivity contribution is 6.22. The molecule has 0 unspecified atom stereocenters. The topological polar surface area (TPSA) is 281 Å². The Morgan fingerprint density at radius 2 is 0.977 bits per heavy atom. The molecule has 462 valence electrons. The molecule has 9 aromatic heterocycles. The van der Waals surface area contributed by atoms with Gasteiger partial charge in [0.1, 0.15) is 79.6 Å². The molecule has 0 amide bonds. The molecule has 0 aliphatic heterocycles. The van der Waals surface area contributed by atoms with E-state index in [4.69, 9.17) is 21.6 Å². The number of anilines is 6. The van der Waals surface area contributed by atoms with Gasteiger partial charge in [0.05, 0.1) is 81.9 Å². The van der Waals surface area contributed by atoms with Gasteiger partial charge in [-0.15, -0.1) is 40.1 Å². The van der Waals surface area contributed by atoms with Gasteiger partial charge >= 0.3 is 0 Å². The average Bonchev–Trinajstić information content (AvgIpc) is 2.16. The number of carbonyl (C=O) groups excluding carboxylic acids is 1. The quantitative estimate of drug-likeness (QED) is 0.0270. The first kappa shape index (κ1) is 71.8. The van der Waals surface area contributed by atoms with E-state index in [1.165, 1.54) is 6.08 Å². The number of nitrogens with one attached hydrogen (secondary N) is 5. The Morgan fingerprint density at radius 1 is 0.547 bits per heavy atom. The van der Waals surface area contributed by atoms with Gasteiger partial charge in [-0.1, -0.05) is 24.3 Å². The summed E-state index contributed by atoms with van der Waals surface area (Å²) in [5.41, 5.74) is 20.4. The van der Waals surface area contributed by atoms with Gasteiger partial charge in [-0.25, -0.2) is 45.9 Å². The number of nitrogen functional groups attached to an aromatic ring is 2. The van der Waals surface area contributed by atoms with E-state index in [0.29, 0.717) is 59.5 Å². The molecule has 1 aliphatic rings. The first-order chi connectivity index (χ1) is 39.3. The predicted octanol–water partition coefficient (Wildman–Crippen LogP) is -4.59. The zero-order chi connectivity index (χ0) is 57.3. The second-order valence-corrected chi connectivity index (χ2v) is 19.1. The number of aliphatic hydroxyl groups is 2. The first-order valence-electron chi connectivity index (χ1n) is 26.5. The number of benzene rings is 1. The van der Waals surface area contributed by atoms with Crippen molar-refractivity contribution in [2.75, 3.05) is 78.7 Å². The van der Waals surface area contributed by atoms with E-state index in [2.05, 4.69) is 55.6 Å². The van der Waals surface area contributed by atoms with E-state index in [1.54, 1.807) is 32.6 Å². The van der Waals surface area contributed by atoms with Gasteiger partial charge in [-0.05, 0) is 73.5 Å². The van der Waals surface area contributed by atoms with Gasteiger partial charge in [0.25, 0.3) is 0 Å². The molecule has 10 aromatic rings. The number of pyridine rings is 3. The number of hydrogen-bond donors (Lipinski definition) is 10. The van der Waals surface area contributed by atoms with E-state index in [1.807, 2.05) is 183 Å². The maximum absolute atomic E-state index is 12.1. The number of phenols is 1. The third kappa shape index (κ3) is 19.5. The third-order valence-corrected chi connectivity index (χ3v) is 12.7. The number of allylic oxidation sites excluding steroid dienone is 3. The molecule has 0 saturated carbocycles. The summed E-state index contributed by atoms with van der Waals surface area (Å²) in [7, 11) is 5.99. The molecule has 24 nitrogen and oxygen atoms in total. The summed E-state index contributed by atoms with van der Waals surface area (Å²) in [6, 6.07) is 22.8. The van der Waals surface area contributed by atoms with Gasteiger partial charge in [0.2, 0.25) is 19.0 Å². The van der Waals surface area contributed by atoms with Crippen LogP contribution in [-0.4, -0.2) is 115 Å². The average molecular weight is 1280 g/mol. The number of imidazole rings is 3. The number of nitrogens with two attached hydrogens (primary N) is 2. The lowest BCUT2D eigenvalue weighted by Crippen LogP contribution is -3.00. The maximum Gasteiger partial charge on any atom is 0.243 e. The number of ketones is 1. The fraction of sp³-hybridized carbons (Fsp3) is 0.263. The zero-order valence-electron chi connectivity index (χ0n) is 48.3. The molecule has 11 rings (SSSR count). The molecule has 1 aromatic carbocycles. The lowest BCUT2D eigenvalue weighted by atomic mass is 10.0. The summed E-state index contributed by atoms with van der Waals surface area (Å²) in [6.07, 6.45) is 27.1. The molecule has 12 N–H and O–H groups in total. The van der Waals surface area contributed by atoms with Crippen LogP contribution in [0.25, 0.3) is 16.6 Å². The van der Waals surface area contributed by atoms with E-state index >= 15 is 0 Å². The van der Waals surface area contributed by atoms with Crippen molar-refractivity contribution >= 4 is 93.1 Å². The number of aryl methyl sites for hydroxylation is 4. The summed E-state index contributed by atoms with van der Waals surface area (Å²) < 4.78 is 17.7. The molecule has 0 fully saturated rings. The number of carbonyl (C=O) groups is 1. The molecule has 0 spiro atoms. The normalized spacial score (nSPS) is 11.8. The van der Waals surface area contributed by atoms with Crippen molar-refractivity contribution in [2.24, 2.45) is 26.1 Å². The Morgan fingerprint density at radius 3 is 1.41 bits per heavy atom. The van der Waals surface area contributed by atoms with E-state index < -0.39 is 0 Å². The second kappa shape index (κ2) is 35.1. The number of phenolic OH excluding ortho intramolecular Hbond substituents is 1. The molecule has 0 saturated heterocycles. The van der Waals surface area contributed by atoms with Crippen LogP contribution in [0.1, 0.15) is 12.5 Å². The standard InChI is InChI=1S/C22H25N7O2.2C13H17N6.C9H13NO2.5ClH/c1-16-13-18(17(14-20(16)31)23-7-12-30)25-21-19-5-3-4-8-29(19)26-22(21)24-6-9-28-11-10-27(2)15-28;2*1-17-8-9-18(10-17)7-5-15-13-12(14)11-4-2-3-6-19(11)16-13;1-7-2-3-8(6-9(7)12)10-4-5-11;;;;;/h3-5,8,10-11,13-15,30H,6-7,9,12H2,1-2H3,(H-,23,24,26,31);2*2-4,6,8-10H,5,7,14H2,1H3,(H,15,16);2-3,6,10-12H,4-5H2,1H3;5*1H/q;2*+1;;;;;;/p-2. The third-order valence-electron chi connectivity index (χ3n) is 12.7. The summed E-state index contributed by atoms with van der Waals surface area (Å²) in [4.78, 5) is 17.0. The fourth-order valence-corrected chi connectivity index (χ4v) is 8.46. The molecular formula is C57H75Cl5N20O4. The van der Waals surface area contributed by atoms with Gasteiger partial charge in [0, 0.05) is 49.5 Å². The van der Waals surface area contributed by atoms with Crippen LogP contribution in [0.2, 0.25) is 0 Å². The van der Waals surface area contributed by atoms with Gasteiger partial charge < -0.3 is 90.6 Å². The smallest absolute Gasteiger partial charge is 0.243 e. The Bertz CT molecular complexity index is 3690. The minimum Gasteiger partial charge on any atom is -1.00 e. The number of aromatic nitrogens is 12. The van der Waals surface area contributed by atoms with Crippen LogP contribution in [0.5, 0.6) is 5.75 Å². The van der Waals surface area contributed by atoms with Crippen molar-refractivity contribution in [3.05, 3.63) is 177 Å². The number of aliphatic hydroxyl groups excluding tert-OH is 2. The van der Waals surface area contributed by atoms with Gasteiger partial charge in [-0.3, -0.25) is 4.79 Å².